The normalized spacial score (nSPS) is 15.8. The lowest BCUT2D eigenvalue weighted by Gasteiger charge is -2.23. The number of fused-ring (bicyclic) bond motifs is 1. The fraction of sp³-hybridized carbons (Fsp3) is 0.368. The fourth-order valence-corrected chi connectivity index (χ4v) is 3.37. The highest BCUT2D eigenvalue weighted by Gasteiger charge is 2.30. The molecule has 0 amide bonds. The minimum atomic E-state index is -0.701. The molecule has 0 aromatic heterocycles. The number of hydrogen-bond acceptors (Lipinski definition) is 4. The summed E-state index contributed by atoms with van der Waals surface area (Å²) < 4.78 is 5.19. The Morgan fingerprint density at radius 1 is 1.17 bits per heavy atom. The topological polar surface area (TPSA) is 64.4 Å². The molecule has 1 aliphatic heterocycles. The van der Waals surface area contributed by atoms with Crippen LogP contribution in [0.3, 0.4) is 0 Å². The molecule has 1 N–H and O–H groups in total. The van der Waals surface area contributed by atoms with E-state index in [1.54, 1.807) is 14.0 Å². The van der Waals surface area contributed by atoms with Gasteiger partial charge in [-0.25, -0.2) is 0 Å². The number of ether oxygens (including phenoxy) is 1. The zero-order valence-corrected chi connectivity index (χ0v) is 14.0. The number of nitrogens with zero attached hydrogens (tertiary/aromatic N) is 1. The van der Waals surface area contributed by atoms with Crippen LogP contribution in [0.25, 0.3) is 0 Å². The Bertz CT molecular complexity index is 728. The molecule has 0 radical (unpaired) electrons. The maximum atomic E-state index is 11.5. The van der Waals surface area contributed by atoms with E-state index in [1.165, 1.54) is 5.56 Å². The number of benzene rings is 2. The van der Waals surface area contributed by atoms with Crippen LogP contribution in [0.1, 0.15) is 36.0 Å². The highest BCUT2D eigenvalue weighted by Crippen LogP contribution is 2.34. The van der Waals surface area contributed by atoms with Crippen molar-refractivity contribution in [2.45, 2.75) is 31.7 Å². The molecule has 0 saturated carbocycles. The second kappa shape index (κ2) is 6.91. The largest absolute Gasteiger partial charge is 0.497 e. The number of hydrogen-bond donors (Lipinski definition) is 1. The van der Waals surface area contributed by atoms with Crippen LogP contribution in [0, 0.1) is 10.1 Å². The van der Waals surface area contributed by atoms with Gasteiger partial charge in [0, 0.05) is 24.1 Å². The maximum absolute atomic E-state index is 11.5. The monoisotopic (exact) mass is 326 g/mol. The molecule has 126 valence electrons. The third-order valence-electron chi connectivity index (χ3n) is 4.72. The van der Waals surface area contributed by atoms with E-state index in [0.29, 0.717) is 0 Å². The van der Waals surface area contributed by atoms with Gasteiger partial charge in [-0.3, -0.25) is 10.1 Å². The molecule has 2 aromatic carbocycles. The van der Waals surface area contributed by atoms with Crippen molar-refractivity contribution in [3.63, 3.8) is 0 Å². The summed E-state index contributed by atoms with van der Waals surface area (Å²) in [4.78, 5) is 11.3. The number of anilines is 1. The van der Waals surface area contributed by atoms with Crippen molar-refractivity contribution in [3.05, 3.63) is 69.3 Å². The van der Waals surface area contributed by atoms with Crippen molar-refractivity contribution in [1.82, 2.24) is 0 Å². The predicted octanol–water partition coefficient (Wildman–Crippen LogP) is 3.85. The fourth-order valence-electron chi connectivity index (χ4n) is 3.37. The first-order valence-corrected chi connectivity index (χ1v) is 8.24. The van der Waals surface area contributed by atoms with Crippen molar-refractivity contribution in [3.8, 4) is 5.75 Å². The Hall–Kier alpha value is -2.56. The van der Waals surface area contributed by atoms with Gasteiger partial charge in [-0.2, -0.15) is 0 Å². The van der Waals surface area contributed by atoms with Crippen LogP contribution in [-0.4, -0.2) is 24.6 Å². The number of nitro groups is 1. The van der Waals surface area contributed by atoms with E-state index in [4.69, 9.17) is 4.74 Å². The SMILES string of the molecule is COc1ccc([C@@H](c2ccc3c(c2)CCCN3)C(C)[N+](=O)[O-])cc1. The van der Waals surface area contributed by atoms with Gasteiger partial charge >= 0.3 is 0 Å². The molecule has 1 heterocycles. The van der Waals surface area contributed by atoms with E-state index >= 15 is 0 Å². The van der Waals surface area contributed by atoms with Crippen LogP contribution >= 0.6 is 0 Å². The lowest BCUT2D eigenvalue weighted by molar-refractivity contribution is -0.520. The minimum Gasteiger partial charge on any atom is -0.497 e. The first-order valence-electron chi connectivity index (χ1n) is 8.24. The molecule has 5 nitrogen and oxygen atoms in total. The first-order chi connectivity index (χ1) is 11.6. The second-order valence-electron chi connectivity index (χ2n) is 6.22. The average molecular weight is 326 g/mol. The molecule has 0 saturated heterocycles. The van der Waals surface area contributed by atoms with Gasteiger partial charge in [0.15, 0.2) is 0 Å². The number of aryl methyl sites for hydroxylation is 1. The molecule has 0 aliphatic carbocycles. The summed E-state index contributed by atoms with van der Waals surface area (Å²) in [5.74, 6) is 0.471. The molecular formula is C19H22N2O3. The van der Waals surface area contributed by atoms with Crippen molar-refractivity contribution in [2.24, 2.45) is 0 Å². The molecule has 0 bridgehead atoms. The predicted molar refractivity (Wildman–Crippen MR) is 94.5 cm³/mol. The van der Waals surface area contributed by atoms with Gasteiger partial charge in [0.25, 0.3) is 0 Å². The molecule has 2 aromatic rings. The summed E-state index contributed by atoms with van der Waals surface area (Å²) in [5.41, 5.74) is 4.32. The highest BCUT2D eigenvalue weighted by molar-refractivity contribution is 5.55. The summed E-state index contributed by atoms with van der Waals surface area (Å²) >= 11 is 0. The number of rotatable bonds is 5. The van der Waals surface area contributed by atoms with Gasteiger partial charge in [0.1, 0.15) is 5.75 Å². The standard InChI is InChI=1S/C19H22N2O3/c1-13(21(22)23)19(14-5-8-17(24-2)9-6-14)16-7-10-18-15(12-16)4-3-11-20-18/h5-10,12-13,19-20H,3-4,11H2,1-2H3/t13?,19-/m0/s1. The zero-order chi connectivity index (χ0) is 17.1. The Labute approximate surface area is 141 Å². The molecule has 1 unspecified atom stereocenters. The number of methoxy groups -OCH3 is 1. The lowest BCUT2D eigenvalue weighted by Crippen LogP contribution is -2.25. The zero-order valence-electron chi connectivity index (χ0n) is 14.0. The Kier molecular flexibility index (Phi) is 4.69. The van der Waals surface area contributed by atoms with E-state index in [-0.39, 0.29) is 10.8 Å². The Morgan fingerprint density at radius 3 is 2.54 bits per heavy atom. The van der Waals surface area contributed by atoms with Crippen LogP contribution in [0.4, 0.5) is 5.69 Å². The lowest BCUT2D eigenvalue weighted by atomic mass is 9.84. The van der Waals surface area contributed by atoms with Gasteiger partial charge in [0.05, 0.1) is 13.0 Å². The molecule has 5 heteroatoms. The summed E-state index contributed by atoms with van der Waals surface area (Å²) in [5, 5.41) is 14.9. The maximum Gasteiger partial charge on any atom is 0.221 e. The van der Waals surface area contributed by atoms with Crippen LogP contribution in [-0.2, 0) is 6.42 Å². The quantitative estimate of drug-likeness (QED) is 0.669. The van der Waals surface area contributed by atoms with E-state index in [0.717, 1.165) is 42.0 Å². The molecule has 2 atom stereocenters. The second-order valence-corrected chi connectivity index (χ2v) is 6.22. The molecule has 3 rings (SSSR count). The van der Waals surface area contributed by atoms with Gasteiger partial charge in [-0.05, 0) is 47.7 Å². The highest BCUT2D eigenvalue weighted by atomic mass is 16.6. The number of nitrogens with one attached hydrogen (secondary N) is 1. The molecule has 24 heavy (non-hydrogen) atoms. The molecule has 1 aliphatic rings. The van der Waals surface area contributed by atoms with Gasteiger partial charge in [0.2, 0.25) is 6.04 Å². The van der Waals surface area contributed by atoms with Crippen molar-refractivity contribution in [1.29, 1.82) is 0 Å². The Morgan fingerprint density at radius 2 is 1.88 bits per heavy atom. The van der Waals surface area contributed by atoms with E-state index in [9.17, 15) is 10.1 Å². The van der Waals surface area contributed by atoms with Gasteiger partial charge in [-0.1, -0.05) is 24.3 Å². The van der Waals surface area contributed by atoms with E-state index < -0.39 is 6.04 Å². The average Bonchev–Trinajstić information content (AvgIpc) is 2.62. The molecule has 0 spiro atoms. The smallest absolute Gasteiger partial charge is 0.221 e. The van der Waals surface area contributed by atoms with Crippen molar-refractivity contribution < 1.29 is 9.66 Å². The van der Waals surface area contributed by atoms with E-state index in [1.807, 2.05) is 36.4 Å². The Balaban J connectivity index is 2.02. The molecule has 0 fully saturated rings. The van der Waals surface area contributed by atoms with Gasteiger partial charge < -0.3 is 10.1 Å². The first kappa shape index (κ1) is 16.3. The minimum absolute atomic E-state index is 0.202. The summed E-state index contributed by atoms with van der Waals surface area (Å²) in [6, 6.07) is 13.0. The van der Waals surface area contributed by atoms with E-state index in [2.05, 4.69) is 11.4 Å². The third kappa shape index (κ3) is 3.20. The summed E-state index contributed by atoms with van der Waals surface area (Å²) in [7, 11) is 1.61. The van der Waals surface area contributed by atoms with Crippen molar-refractivity contribution in [2.75, 3.05) is 19.0 Å². The van der Waals surface area contributed by atoms with Crippen LogP contribution in [0.15, 0.2) is 42.5 Å². The van der Waals surface area contributed by atoms with Crippen LogP contribution in [0.2, 0.25) is 0 Å². The van der Waals surface area contributed by atoms with Crippen LogP contribution < -0.4 is 10.1 Å². The third-order valence-corrected chi connectivity index (χ3v) is 4.72. The van der Waals surface area contributed by atoms with Crippen LogP contribution in [0.5, 0.6) is 5.75 Å². The van der Waals surface area contributed by atoms with Gasteiger partial charge in [-0.15, -0.1) is 0 Å². The molecular weight excluding hydrogens is 304 g/mol. The summed E-state index contributed by atoms with van der Waals surface area (Å²) in [6.07, 6.45) is 2.10. The summed E-state index contributed by atoms with van der Waals surface area (Å²) in [6.45, 7) is 2.66. The van der Waals surface area contributed by atoms with Crippen molar-refractivity contribution >= 4 is 5.69 Å².